The lowest BCUT2D eigenvalue weighted by atomic mass is 9.77. The first kappa shape index (κ1) is 23.3. The highest BCUT2D eigenvalue weighted by molar-refractivity contribution is 5.77. The van der Waals surface area contributed by atoms with E-state index < -0.39 is 5.60 Å². The molecular formula is C25H28N10O2. The summed E-state index contributed by atoms with van der Waals surface area (Å²) in [7, 11) is 1.66. The third-order valence-electron chi connectivity index (χ3n) is 7.09. The van der Waals surface area contributed by atoms with Crippen molar-refractivity contribution in [1.82, 2.24) is 45.0 Å². The molecule has 3 N–H and O–H groups in total. The Balaban J connectivity index is 1.27. The fraction of sp³-hybridized carbons (Fsp3) is 0.360. The fourth-order valence-electron chi connectivity index (χ4n) is 5.10. The molecule has 1 aromatic carbocycles. The van der Waals surface area contributed by atoms with Gasteiger partial charge in [-0.05, 0) is 48.2 Å². The highest BCUT2D eigenvalue weighted by Crippen LogP contribution is 2.44. The largest absolute Gasteiger partial charge is 0.384 e. The highest BCUT2D eigenvalue weighted by Gasteiger charge is 2.41. The summed E-state index contributed by atoms with van der Waals surface area (Å²) in [4.78, 5) is 5.04. The average molecular weight is 501 g/mol. The Morgan fingerprint density at radius 3 is 2.70 bits per heavy atom. The number of hydrogen-bond donors (Lipinski definition) is 2. The second kappa shape index (κ2) is 9.71. The van der Waals surface area contributed by atoms with E-state index in [0.29, 0.717) is 24.9 Å². The number of H-pyrrole nitrogens is 1. The summed E-state index contributed by atoms with van der Waals surface area (Å²) in [6, 6.07) is 11.9. The summed E-state index contributed by atoms with van der Waals surface area (Å²) in [6.07, 6.45) is 8.81. The number of anilines is 1. The van der Waals surface area contributed by atoms with Gasteiger partial charge in [-0.1, -0.05) is 18.2 Å². The minimum atomic E-state index is -0.567. The number of benzene rings is 1. The number of nitrogens with one attached hydrogen (secondary N) is 1. The van der Waals surface area contributed by atoms with Crippen LogP contribution in [0.2, 0.25) is 0 Å². The van der Waals surface area contributed by atoms with Crippen LogP contribution >= 0.6 is 0 Å². The predicted octanol–water partition coefficient (Wildman–Crippen LogP) is 2.89. The average Bonchev–Trinajstić information content (AvgIpc) is 3.71. The van der Waals surface area contributed by atoms with Crippen LogP contribution in [0.15, 0.2) is 55.0 Å². The number of tetrazole rings is 1. The maximum atomic E-state index is 6.43. The summed E-state index contributed by atoms with van der Waals surface area (Å²) < 4.78 is 15.0. The molecule has 0 radical (unpaired) electrons. The molecule has 0 atom stereocenters. The first-order valence-electron chi connectivity index (χ1n) is 12.3. The van der Waals surface area contributed by atoms with Gasteiger partial charge in [-0.25, -0.2) is 14.8 Å². The molecule has 0 unspecified atom stereocenters. The summed E-state index contributed by atoms with van der Waals surface area (Å²) in [5.41, 5.74) is 10.3. The van der Waals surface area contributed by atoms with Crippen molar-refractivity contribution in [3.05, 3.63) is 66.5 Å². The lowest BCUT2D eigenvalue weighted by molar-refractivity contribution is -0.0978. The third kappa shape index (κ3) is 4.34. The number of para-hydroxylation sites is 1. The van der Waals surface area contributed by atoms with Crippen molar-refractivity contribution in [3.8, 4) is 16.8 Å². The Bertz CT molecular complexity index is 1470. The molecule has 1 aliphatic carbocycles. The van der Waals surface area contributed by atoms with Gasteiger partial charge in [-0.15, -0.1) is 5.10 Å². The van der Waals surface area contributed by atoms with Crippen LogP contribution in [-0.4, -0.2) is 65.3 Å². The second-order valence-electron chi connectivity index (χ2n) is 9.27. The molecule has 12 nitrogen and oxygen atoms in total. The lowest BCUT2D eigenvalue weighted by Gasteiger charge is -2.38. The maximum Gasteiger partial charge on any atom is 0.180 e. The molecule has 4 aromatic heterocycles. The fourth-order valence-corrected chi connectivity index (χ4v) is 5.10. The van der Waals surface area contributed by atoms with Crippen LogP contribution in [0.5, 0.6) is 0 Å². The minimum Gasteiger partial charge on any atom is -0.384 e. The number of nitrogen functional groups attached to an aromatic ring is 1. The van der Waals surface area contributed by atoms with Gasteiger partial charge in [-0.3, -0.25) is 0 Å². The van der Waals surface area contributed by atoms with Gasteiger partial charge in [-0.2, -0.15) is 14.7 Å². The summed E-state index contributed by atoms with van der Waals surface area (Å²) in [5.74, 6) is 1.42. The van der Waals surface area contributed by atoms with E-state index in [9.17, 15) is 0 Å². The van der Waals surface area contributed by atoms with E-state index in [-0.39, 0.29) is 5.92 Å². The zero-order valence-electron chi connectivity index (χ0n) is 20.5. The number of aromatic nitrogens is 9. The molecule has 6 rings (SSSR count). The monoisotopic (exact) mass is 500 g/mol. The molecule has 0 amide bonds. The summed E-state index contributed by atoms with van der Waals surface area (Å²) >= 11 is 0. The smallest absolute Gasteiger partial charge is 0.180 e. The van der Waals surface area contributed by atoms with Crippen LogP contribution in [0.25, 0.3) is 22.5 Å². The van der Waals surface area contributed by atoms with E-state index in [2.05, 4.69) is 30.8 Å². The van der Waals surface area contributed by atoms with Gasteiger partial charge in [0.05, 0.1) is 31.3 Å². The van der Waals surface area contributed by atoms with Gasteiger partial charge < -0.3 is 15.2 Å². The van der Waals surface area contributed by atoms with Crippen LogP contribution in [0.1, 0.15) is 43.1 Å². The van der Waals surface area contributed by atoms with E-state index in [1.54, 1.807) is 17.8 Å². The number of nitrogens with zero attached hydrogens (tertiary/aromatic N) is 8. The van der Waals surface area contributed by atoms with E-state index >= 15 is 0 Å². The molecule has 12 heteroatoms. The third-order valence-corrected chi connectivity index (χ3v) is 7.09. The number of nitrogens with two attached hydrogens (primary N) is 1. The molecule has 1 fully saturated rings. The quantitative estimate of drug-likeness (QED) is 0.307. The van der Waals surface area contributed by atoms with Crippen molar-refractivity contribution in [3.63, 3.8) is 0 Å². The molecule has 1 aliphatic rings. The Labute approximate surface area is 212 Å². The van der Waals surface area contributed by atoms with Gasteiger partial charge in [0, 0.05) is 42.1 Å². The molecule has 0 aliphatic heterocycles. The van der Waals surface area contributed by atoms with Gasteiger partial charge in [0.1, 0.15) is 11.4 Å². The molecule has 0 spiro atoms. The molecule has 37 heavy (non-hydrogen) atoms. The summed E-state index contributed by atoms with van der Waals surface area (Å²) in [6.45, 7) is 0.973. The topological polar surface area (TPSA) is 147 Å². The lowest BCUT2D eigenvalue weighted by Crippen LogP contribution is -2.36. The van der Waals surface area contributed by atoms with Crippen molar-refractivity contribution in [2.45, 2.75) is 37.2 Å². The first-order chi connectivity index (χ1) is 18.2. The maximum absolute atomic E-state index is 6.43. The van der Waals surface area contributed by atoms with Crippen molar-refractivity contribution in [2.24, 2.45) is 0 Å². The number of aromatic amines is 1. The number of methoxy groups -OCH3 is 1. The molecule has 1 saturated carbocycles. The highest BCUT2D eigenvalue weighted by atomic mass is 16.5. The van der Waals surface area contributed by atoms with Crippen LogP contribution in [0, 0.1) is 0 Å². The van der Waals surface area contributed by atoms with Gasteiger partial charge in [0.25, 0.3) is 0 Å². The van der Waals surface area contributed by atoms with Crippen molar-refractivity contribution < 1.29 is 9.47 Å². The Kier molecular flexibility index (Phi) is 6.10. The predicted molar refractivity (Wildman–Crippen MR) is 135 cm³/mol. The number of fused-ring (bicyclic) bond motifs is 1. The van der Waals surface area contributed by atoms with Gasteiger partial charge in [0.15, 0.2) is 11.5 Å². The summed E-state index contributed by atoms with van der Waals surface area (Å²) in [5, 5.41) is 23.6. The molecule has 0 saturated heterocycles. The van der Waals surface area contributed by atoms with E-state index in [1.807, 2.05) is 53.5 Å². The molecule has 0 bridgehead atoms. The first-order valence-corrected chi connectivity index (χ1v) is 12.3. The zero-order chi connectivity index (χ0) is 25.2. The van der Waals surface area contributed by atoms with E-state index in [1.165, 1.54) is 0 Å². The molecule has 4 heterocycles. The number of ether oxygens (including phenoxy) is 2. The Hall–Kier alpha value is -4.16. The van der Waals surface area contributed by atoms with Crippen molar-refractivity contribution in [2.75, 3.05) is 26.1 Å². The van der Waals surface area contributed by atoms with Crippen molar-refractivity contribution in [1.29, 1.82) is 0 Å². The van der Waals surface area contributed by atoms with Crippen LogP contribution < -0.4 is 5.73 Å². The van der Waals surface area contributed by atoms with Crippen LogP contribution in [0.4, 0.5) is 5.82 Å². The van der Waals surface area contributed by atoms with Gasteiger partial charge >= 0.3 is 0 Å². The van der Waals surface area contributed by atoms with Crippen LogP contribution in [0.3, 0.4) is 0 Å². The number of rotatable bonds is 8. The molecule has 190 valence electrons. The standard InChI is InChI=1S/C25H28N10O2/c1-36-11-12-37-25(24-30-32-33-31-24)9-7-17(8-10-25)21-13-22(26)35-23(29-21)20(15-28-35)18-14-27-34(16-18)19-5-3-2-4-6-19/h2-6,13-17H,7-12,26H2,1H3,(H,30,31,32,33). The Morgan fingerprint density at radius 2 is 1.95 bits per heavy atom. The second-order valence-corrected chi connectivity index (χ2v) is 9.27. The normalized spacial score (nSPS) is 20.0. The van der Waals surface area contributed by atoms with Gasteiger partial charge in [0.2, 0.25) is 0 Å². The van der Waals surface area contributed by atoms with Crippen LogP contribution in [-0.2, 0) is 15.1 Å². The van der Waals surface area contributed by atoms with E-state index in [0.717, 1.165) is 53.8 Å². The minimum absolute atomic E-state index is 0.220. The van der Waals surface area contributed by atoms with Crippen molar-refractivity contribution >= 4 is 11.5 Å². The number of hydrogen-bond acceptors (Lipinski definition) is 9. The molecule has 5 aromatic rings. The van der Waals surface area contributed by atoms with E-state index in [4.69, 9.17) is 20.2 Å². The Morgan fingerprint density at radius 1 is 1.11 bits per heavy atom. The zero-order valence-corrected chi connectivity index (χ0v) is 20.5. The molecular weight excluding hydrogens is 472 g/mol. The SMILES string of the molecule is COCCOC1(c2nnn[nH]2)CCC(c2cc(N)n3ncc(-c4cnn(-c5ccccc5)c4)c3n2)CC1.